The third kappa shape index (κ3) is 19.2. The Bertz CT molecular complexity index is 827. The summed E-state index contributed by atoms with van der Waals surface area (Å²) in [5.74, 6) is -0.491. The summed E-state index contributed by atoms with van der Waals surface area (Å²) in [6, 6.07) is 0. The van der Waals surface area contributed by atoms with Crippen molar-refractivity contribution in [3.05, 3.63) is 12.2 Å². The molecule has 0 heterocycles. The van der Waals surface area contributed by atoms with Gasteiger partial charge in [-0.15, -0.1) is 0 Å². The van der Waals surface area contributed by atoms with Gasteiger partial charge in [-0.25, -0.2) is 4.57 Å². The van der Waals surface area contributed by atoms with Gasteiger partial charge in [0.2, 0.25) is 0 Å². The predicted molar refractivity (Wildman–Crippen MR) is 175 cm³/mol. The molecule has 46 heavy (non-hydrogen) atoms. The number of allylic oxidation sites excluding steroid dienone is 2. The van der Waals surface area contributed by atoms with Crippen molar-refractivity contribution in [1.82, 2.24) is 0 Å². The molecule has 0 amide bonds. The molecule has 1 aliphatic rings. The molecule has 6 unspecified atom stereocenters. The molecule has 0 spiro atoms. The van der Waals surface area contributed by atoms with E-state index < -0.39 is 63.1 Å². The molecule has 0 radical (unpaired) electrons. The number of rotatable bonds is 28. The Hall–Kier alpha value is -0.920. The van der Waals surface area contributed by atoms with Gasteiger partial charge in [-0.1, -0.05) is 103 Å². The summed E-state index contributed by atoms with van der Waals surface area (Å²) >= 11 is 0. The Morgan fingerprint density at radius 3 is 1.80 bits per heavy atom. The van der Waals surface area contributed by atoms with E-state index in [9.17, 15) is 39.8 Å². The zero-order chi connectivity index (χ0) is 34.2. The van der Waals surface area contributed by atoms with E-state index in [2.05, 4.69) is 26.0 Å². The van der Waals surface area contributed by atoms with E-state index in [0.29, 0.717) is 13.0 Å². The molecular weight excluding hydrogens is 619 g/mol. The van der Waals surface area contributed by atoms with Gasteiger partial charge < -0.3 is 39.9 Å². The highest BCUT2D eigenvalue weighted by Gasteiger charge is 2.51. The minimum atomic E-state index is -5.00. The molecular formula is C33H63O12P. The second kappa shape index (κ2) is 26.0. The summed E-state index contributed by atoms with van der Waals surface area (Å²) in [5, 5.41) is 49.7. The van der Waals surface area contributed by atoms with Crippen LogP contribution in [-0.2, 0) is 27.9 Å². The van der Waals surface area contributed by atoms with Crippen molar-refractivity contribution in [3.8, 4) is 0 Å². The third-order valence-corrected chi connectivity index (χ3v) is 9.10. The number of aliphatic hydroxyl groups excluding tert-OH is 5. The molecule has 13 heteroatoms. The fourth-order valence-electron chi connectivity index (χ4n) is 5.24. The van der Waals surface area contributed by atoms with Crippen molar-refractivity contribution in [2.45, 2.75) is 172 Å². The number of aliphatic hydroxyl groups is 5. The number of carbonyl (C=O) groups excluding carboxylic acids is 1. The molecule has 272 valence electrons. The first-order valence-electron chi connectivity index (χ1n) is 17.5. The molecule has 1 saturated carbocycles. The fourth-order valence-corrected chi connectivity index (χ4v) is 6.21. The number of hydrogen-bond donors (Lipinski definition) is 6. The van der Waals surface area contributed by atoms with Gasteiger partial charge in [0.1, 0.15) is 42.7 Å². The summed E-state index contributed by atoms with van der Waals surface area (Å²) in [7, 11) is -5.00. The maximum atomic E-state index is 12.7. The molecule has 6 atom stereocenters. The Balaban J connectivity index is 2.53. The molecule has 0 aromatic heterocycles. The molecule has 0 bridgehead atoms. The van der Waals surface area contributed by atoms with Gasteiger partial charge in [0.25, 0.3) is 0 Å². The van der Waals surface area contributed by atoms with E-state index in [1.165, 1.54) is 38.5 Å². The first kappa shape index (κ1) is 43.1. The lowest BCUT2D eigenvalue weighted by molar-refractivity contribution is -0.220. The number of esters is 1. The van der Waals surface area contributed by atoms with E-state index in [1.54, 1.807) is 0 Å². The van der Waals surface area contributed by atoms with Gasteiger partial charge in [0.15, 0.2) is 0 Å². The topological polar surface area (TPSA) is 192 Å². The Kier molecular flexibility index (Phi) is 24.4. The van der Waals surface area contributed by atoms with E-state index in [-0.39, 0.29) is 13.0 Å². The number of ether oxygens (including phenoxy) is 2. The number of hydrogen-bond acceptors (Lipinski definition) is 11. The van der Waals surface area contributed by atoms with Crippen LogP contribution in [0, 0.1) is 0 Å². The van der Waals surface area contributed by atoms with Crippen LogP contribution in [0.5, 0.6) is 0 Å². The van der Waals surface area contributed by atoms with Crippen molar-refractivity contribution in [3.63, 3.8) is 0 Å². The molecule has 0 aromatic carbocycles. The van der Waals surface area contributed by atoms with Crippen LogP contribution in [0.2, 0.25) is 0 Å². The Morgan fingerprint density at radius 2 is 1.20 bits per heavy atom. The third-order valence-electron chi connectivity index (χ3n) is 8.12. The Morgan fingerprint density at radius 1 is 0.674 bits per heavy atom. The highest BCUT2D eigenvalue weighted by atomic mass is 31.2. The highest BCUT2D eigenvalue weighted by Crippen LogP contribution is 2.47. The maximum absolute atomic E-state index is 12.7. The van der Waals surface area contributed by atoms with Crippen LogP contribution in [0.1, 0.15) is 129 Å². The summed E-state index contributed by atoms with van der Waals surface area (Å²) in [5.41, 5.74) is 0. The van der Waals surface area contributed by atoms with E-state index in [4.69, 9.17) is 18.5 Å². The van der Waals surface area contributed by atoms with Gasteiger partial charge in [0, 0.05) is 13.0 Å². The lowest BCUT2D eigenvalue weighted by Gasteiger charge is -2.41. The molecule has 12 nitrogen and oxygen atoms in total. The molecule has 6 N–H and O–H groups in total. The van der Waals surface area contributed by atoms with Crippen molar-refractivity contribution in [2.75, 3.05) is 19.8 Å². The van der Waals surface area contributed by atoms with Crippen molar-refractivity contribution in [1.29, 1.82) is 0 Å². The molecule has 1 rings (SSSR count). The summed E-state index contributed by atoms with van der Waals surface area (Å²) in [6.45, 7) is 4.12. The summed E-state index contributed by atoms with van der Waals surface area (Å²) in [6.07, 6.45) is 10.3. The second-order valence-corrected chi connectivity index (χ2v) is 13.8. The zero-order valence-corrected chi connectivity index (χ0v) is 29.0. The van der Waals surface area contributed by atoms with Gasteiger partial charge in [-0.05, 0) is 32.1 Å². The van der Waals surface area contributed by atoms with Crippen LogP contribution < -0.4 is 0 Å². The van der Waals surface area contributed by atoms with Crippen LogP contribution in [-0.4, -0.2) is 98.9 Å². The second-order valence-electron chi connectivity index (χ2n) is 12.4. The lowest BCUT2D eigenvalue weighted by atomic mass is 9.85. The first-order chi connectivity index (χ1) is 22.0. The number of phosphoric acid groups is 1. The average molecular weight is 683 g/mol. The standard InChI is InChI=1S/C33H63O12P/c1-3-5-7-9-11-13-14-16-18-20-22-27(34)44-26(24-42-23-21-19-17-15-12-10-8-6-4-2)25-43-46(40,41)45-33-31(38)29(36)28(35)30(37)32(33)39/h7,9,26,28-33,35-39H,3-6,8,10-25H2,1-2H3,(H,40,41)/b9-7-. The van der Waals surface area contributed by atoms with E-state index in [0.717, 1.165) is 64.2 Å². The maximum Gasteiger partial charge on any atom is 0.472 e. The lowest BCUT2D eigenvalue weighted by Crippen LogP contribution is -2.64. The SMILES string of the molecule is CCC/C=C\CCCCCCCC(=O)OC(COCCCCCCCCCCC)COP(=O)(O)OC1C(O)C(O)C(O)C(O)C1O. The summed E-state index contributed by atoms with van der Waals surface area (Å²) < 4.78 is 33.8. The fraction of sp³-hybridized carbons (Fsp3) is 0.909. The quantitative estimate of drug-likeness (QED) is 0.0285. The number of carbonyl (C=O) groups is 1. The summed E-state index contributed by atoms with van der Waals surface area (Å²) in [4.78, 5) is 22.8. The smallest absolute Gasteiger partial charge is 0.457 e. The Labute approximate surface area is 276 Å². The van der Waals surface area contributed by atoms with Gasteiger partial charge in [0.05, 0.1) is 13.2 Å². The van der Waals surface area contributed by atoms with Crippen molar-refractivity contribution < 1.29 is 58.3 Å². The molecule has 1 fully saturated rings. The first-order valence-corrected chi connectivity index (χ1v) is 19.0. The van der Waals surface area contributed by atoms with Crippen molar-refractivity contribution >= 4 is 13.8 Å². The largest absolute Gasteiger partial charge is 0.472 e. The predicted octanol–water partition coefficient (Wildman–Crippen LogP) is 4.85. The molecule has 0 aliphatic heterocycles. The van der Waals surface area contributed by atoms with Crippen LogP contribution >= 0.6 is 7.82 Å². The molecule has 0 saturated heterocycles. The van der Waals surface area contributed by atoms with Crippen molar-refractivity contribution in [2.24, 2.45) is 0 Å². The minimum Gasteiger partial charge on any atom is -0.457 e. The number of phosphoric ester groups is 1. The normalized spacial score (nSPS) is 25.5. The van der Waals surface area contributed by atoms with E-state index in [1.807, 2.05) is 0 Å². The van der Waals surface area contributed by atoms with E-state index >= 15 is 0 Å². The van der Waals surface area contributed by atoms with Crippen LogP contribution in [0.15, 0.2) is 12.2 Å². The average Bonchev–Trinajstić information content (AvgIpc) is 3.03. The van der Waals surface area contributed by atoms with Gasteiger partial charge >= 0.3 is 13.8 Å². The zero-order valence-electron chi connectivity index (χ0n) is 28.1. The highest BCUT2D eigenvalue weighted by molar-refractivity contribution is 7.47. The molecule has 1 aliphatic carbocycles. The van der Waals surface area contributed by atoms with Gasteiger partial charge in [-0.2, -0.15) is 0 Å². The monoisotopic (exact) mass is 682 g/mol. The minimum absolute atomic E-state index is 0.0768. The van der Waals surface area contributed by atoms with Crippen LogP contribution in [0.3, 0.4) is 0 Å². The number of unbranched alkanes of at least 4 members (excludes halogenated alkanes) is 14. The van der Waals surface area contributed by atoms with Gasteiger partial charge in [-0.3, -0.25) is 13.8 Å². The molecule has 0 aromatic rings. The van der Waals surface area contributed by atoms with Crippen LogP contribution in [0.25, 0.3) is 0 Å². The van der Waals surface area contributed by atoms with Crippen LogP contribution in [0.4, 0.5) is 0 Å².